The van der Waals surface area contributed by atoms with Crippen molar-refractivity contribution in [3.05, 3.63) is 125 Å². The van der Waals surface area contributed by atoms with Crippen molar-refractivity contribution in [1.82, 2.24) is 10.0 Å². The average Bonchev–Trinajstić information content (AvgIpc) is 3.33. The lowest BCUT2D eigenvalue weighted by Crippen LogP contribution is -2.32. The second-order valence-corrected chi connectivity index (χ2v) is 11.6. The molecular formula is C30H26F2N2O9S. The molecule has 0 saturated carbocycles. The molecule has 4 N–H and O–H groups in total. The number of carbonyl (C=O) groups excluding carboxylic acids is 3. The van der Waals surface area contributed by atoms with E-state index in [1.807, 2.05) is 0 Å². The molecule has 2 aliphatic heterocycles. The van der Waals surface area contributed by atoms with Gasteiger partial charge in [0.2, 0.25) is 29.2 Å². The summed E-state index contributed by atoms with van der Waals surface area (Å²) < 4.78 is 63.5. The number of hydrogen-bond donors (Lipinski definition) is 4. The first-order valence-electron chi connectivity index (χ1n) is 12.8. The number of halogens is 2. The molecule has 14 heteroatoms. The normalized spacial score (nSPS) is 21.3. The summed E-state index contributed by atoms with van der Waals surface area (Å²) in [5.74, 6) is -5.29. The summed E-state index contributed by atoms with van der Waals surface area (Å²) in [5.41, 5.74) is -2.48. The minimum atomic E-state index is -4.04. The molecule has 0 aliphatic carbocycles. The van der Waals surface area contributed by atoms with Crippen molar-refractivity contribution < 1.29 is 51.3 Å². The third-order valence-corrected chi connectivity index (χ3v) is 8.05. The molecule has 2 heterocycles. The maximum atomic E-state index is 13.1. The fourth-order valence-corrected chi connectivity index (χ4v) is 5.28. The lowest BCUT2D eigenvalue weighted by Gasteiger charge is -2.23. The highest BCUT2D eigenvalue weighted by Gasteiger charge is 2.49. The number of rotatable bonds is 6. The fraction of sp³-hybridized carbons (Fsp3) is 0.167. The number of aliphatic hydroxyl groups excluding tert-OH is 2. The van der Waals surface area contributed by atoms with Gasteiger partial charge in [0, 0.05) is 18.1 Å². The van der Waals surface area contributed by atoms with Crippen LogP contribution in [-0.4, -0.2) is 36.1 Å². The van der Waals surface area contributed by atoms with Gasteiger partial charge in [-0.15, -0.1) is 0 Å². The fourth-order valence-electron chi connectivity index (χ4n) is 4.27. The van der Waals surface area contributed by atoms with Crippen LogP contribution in [0.3, 0.4) is 0 Å². The predicted molar refractivity (Wildman–Crippen MR) is 150 cm³/mol. The third-order valence-electron chi connectivity index (χ3n) is 6.70. The van der Waals surface area contributed by atoms with Crippen molar-refractivity contribution in [3.8, 4) is 0 Å². The minimum absolute atomic E-state index is 0.0539. The Kier molecular flexibility index (Phi) is 8.50. The molecule has 11 nitrogen and oxygen atoms in total. The van der Waals surface area contributed by atoms with Crippen LogP contribution in [0.5, 0.6) is 0 Å². The van der Waals surface area contributed by atoms with Gasteiger partial charge in [-0.3, -0.25) is 19.7 Å². The Morgan fingerprint density at radius 1 is 0.727 bits per heavy atom. The van der Waals surface area contributed by atoms with Crippen LogP contribution >= 0.6 is 0 Å². The zero-order valence-electron chi connectivity index (χ0n) is 23.4. The monoisotopic (exact) mass is 628 g/mol. The first-order valence-corrected chi connectivity index (χ1v) is 14.3. The van der Waals surface area contributed by atoms with E-state index in [9.17, 15) is 41.8 Å². The van der Waals surface area contributed by atoms with E-state index in [1.165, 1.54) is 81.4 Å². The van der Waals surface area contributed by atoms with Gasteiger partial charge in [0.15, 0.2) is 11.2 Å². The molecular weight excluding hydrogens is 602 g/mol. The molecule has 0 fully saturated rings. The van der Waals surface area contributed by atoms with Crippen molar-refractivity contribution in [2.75, 3.05) is 0 Å². The van der Waals surface area contributed by atoms with Gasteiger partial charge in [-0.25, -0.2) is 21.9 Å². The maximum Gasteiger partial charge on any atom is 0.264 e. The van der Waals surface area contributed by atoms with Gasteiger partial charge in [-0.1, -0.05) is 42.5 Å². The molecule has 0 bridgehead atoms. The molecule has 0 aromatic heterocycles. The zero-order valence-corrected chi connectivity index (χ0v) is 24.2. The highest BCUT2D eigenvalue weighted by atomic mass is 32.2. The van der Waals surface area contributed by atoms with Crippen molar-refractivity contribution in [3.63, 3.8) is 0 Å². The summed E-state index contributed by atoms with van der Waals surface area (Å²) in [4.78, 5) is 35.3. The van der Waals surface area contributed by atoms with Crippen molar-refractivity contribution in [2.24, 2.45) is 0 Å². The Labute approximate surface area is 250 Å². The number of ether oxygens (including phenoxy) is 2. The Morgan fingerprint density at radius 3 is 1.57 bits per heavy atom. The van der Waals surface area contributed by atoms with E-state index in [1.54, 1.807) is 6.07 Å². The SMILES string of the molecule is CC(=O)NC1=C(O)C(=O)C(C)(c2ccc(F)cc2)O1.CC1(c2ccc(F)cc2)OC(NS(=O)(=O)c2ccccc2)=C(O)C1=O. The highest BCUT2D eigenvalue weighted by molar-refractivity contribution is 7.89. The van der Waals surface area contributed by atoms with Crippen LogP contribution < -0.4 is 10.0 Å². The molecule has 0 radical (unpaired) electrons. The second kappa shape index (κ2) is 11.8. The number of nitrogens with one attached hydrogen (secondary N) is 2. The third kappa shape index (κ3) is 6.10. The summed E-state index contributed by atoms with van der Waals surface area (Å²) >= 11 is 0. The van der Waals surface area contributed by atoms with E-state index < -0.39 is 67.7 Å². The predicted octanol–water partition coefficient (Wildman–Crippen LogP) is 3.85. The molecule has 44 heavy (non-hydrogen) atoms. The molecule has 0 saturated heterocycles. The first-order chi connectivity index (χ1) is 20.6. The summed E-state index contributed by atoms with van der Waals surface area (Å²) in [6.07, 6.45) is 0. The molecule has 3 aromatic carbocycles. The molecule has 230 valence electrons. The van der Waals surface area contributed by atoms with Crippen LogP contribution in [0.4, 0.5) is 8.78 Å². The lowest BCUT2D eigenvalue weighted by molar-refractivity contribution is -0.132. The van der Waals surface area contributed by atoms with Crippen LogP contribution in [0.2, 0.25) is 0 Å². The molecule has 2 aliphatic rings. The Hall–Kier alpha value is -5.24. The molecule has 0 spiro atoms. The van der Waals surface area contributed by atoms with Crippen LogP contribution in [0.1, 0.15) is 31.9 Å². The van der Waals surface area contributed by atoms with Gasteiger partial charge in [0.25, 0.3) is 21.6 Å². The van der Waals surface area contributed by atoms with Crippen molar-refractivity contribution in [2.45, 2.75) is 36.9 Å². The quantitative estimate of drug-likeness (QED) is 0.317. The Balaban J connectivity index is 0.000000209. The van der Waals surface area contributed by atoms with E-state index in [-0.39, 0.29) is 16.3 Å². The summed E-state index contributed by atoms with van der Waals surface area (Å²) in [6.45, 7) is 4.03. The maximum absolute atomic E-state index is 13.1. The second-order valence-electron chi connectivity index (χ2n) is 9.90. The van der Waals surface area contributed by atoms with Crippen LogP contribution in [0.25, 0.3) is 0 Å². The highest BCUT2D eigenvalue weighted by Crippen LogP contribution is 2.38. The molecule has 5 rings (SSSR count). The summed E-state index contributed by atoms with van der Waals surface area (Å²) in [7, 11) is -4.04. The molecule has 1 amide bonds. The number of ketones is 2. The van der Waals surface area contributed by atoms with E-state index in [0.717, 1.165) is 12.1 Å². The van der Waals surface area contributed by atoms with Crippen LogP contribution in [0, 0.1) is 11.6 Å². The minimum Gasteiger partial charge on any atom is -0.501 e. The van der Waals surface area contributed by atoms with Gasteiger partial charge in [0.1, 0.15) is 11.6 Å². The largest absolute Gasteiger partial charge is 0.501 e. The number of carbonyl (C=O) groups is 3. The van der Waals surface area contributed by atoms with Gasteiger partial charge in [-0.05, 0) is 50.2 Å². The van der Waals surface area contributed by atoms with E-state index in [4.69, 9.17) is 9.47 Å². The van der Waals surface area contributed by atoms with Gasteiger partial charge in [0.05, 0.1) is 4.90 Å². The number of Topliss-reactive ketones (excluding diaryl/α,β-unsaturated/α-hetero) is 2. The van der Waals surface area contributed by atoms with E-state index in [2.05, 4.69) is 10.0 Å². The molecule has 2 unspecified atom stereocenters. The van der Waals surface area contributed by atoms with E-state index >= 15 is 0 Å². The van der Waals surface area contributed by atoms with Gasteiger partial charge >= 0.3 is 0 Å². The smallest absolute Gasteiger partial charge is 0.264 e. The molecule has 2 atom stereocenters. The first kappa shape index (κ1) is 31.7. The number of amides is 1. The number of benzene rings is 3. The van der Waals surface area contributed by atoms with Crippen LogP contribution in [-0.2, 0) is 45.1 Å². The lowest BCUT2D eigenvalue weighted by atomic mass is 9.92. The number of aliphatic hydroxyl groups is 2. The number of sulfonamides is 1. The van der Waals surface area contributed by atoms with Gasteiger partial charge < -0.3 is 19.7 Å². The van der Waals surface area contributed by atoms with Gasteiger partial charge in [-0.2, -0.15) is 0 Å². The topological polar surface area (TPSA) is 168 Å². The average molecular weight is 629 g/mol. The summed E-state index contributed by atoms with van der Waals surface area (Å²) in [5, 5.41) is 21.9. The Bertz CT molecular complexity index is 1790. The van der Waals surface area contributed by atoms with Crippen LogP contribution in [0.15, 0.2) is 107 Å². The Morgan fingerprint density at radius 2 is 1.14 bits per heavy atom. The van der Waals surface area contributed by atoms with Crippen molar-refractivity contribution in [1.29, 1.82) is 0 Å². The summed E-state index contributed by atoms with van der Waals surface area (Å²) in [6, 6.07) is 17.5. The van der Waals surface area contributed by atoms with E-state index in [0.29, 0.717) is 5.56 Å². The van der Waals surface area contributed by atoms with Crippen molar-refractivity contribution >= 4 is 27.5 Å². The number of hydrogen-bond acceptors (Lipinski definition) is 9. The standard InChI is InChI=1S/C17H14FNO5S.C13H12FNO4/c1-17(11-7-9-12(18)10-8-11)15(21)14(20)16(24-17)19-25(22,23)13-5-3-2-4-6-13;1-7(16)15-12-10(17)11(18)13(2,19-12)8-3-5-9(14)6-4-8/h2-10,19-20H,1H3;3-6,17H,1-2H3,(H,15,16). The molecule has 3 aromatic rings. The zero-order chi connectivity index (χ0) is 32.4.